The summed E-state index contributed by atoms with van der Waals surface area (Å²) >= 11 is 1.13. The second kappa shape index (κ2) is 5.97. The third-order valence-electron chi connectivity index (χ3n) is 2.73. The monoisotopic (exact) mass is 269 g/mol. The number of amides is 1. The number of carbonyl (C=O) groups is 2. The third-order valence-corrected chi connectivity index (χ3v) is 3.79. The number of nitrogens with one attached hydrogen (secondary N) is 1. The van der Waals surface area contributed by atoms with Gasteiger partial charge in [0.1, 0.15) is 4.88 Å². The molecule has 2 rings (SSSR count). The van der Waals surface area contributed by atoms with Gasteiger partial charge in [-0.05, 0) is 25.0 Å². The summed E-state index contributed by atoms with van der Waals surface area (Å²) in [6.07, 6.45) is 2.15. The first-order valence-corrected chi connectivity index (χ1v) is 6.60. The van der Waals surface area contributed by atoms with Crippen LogP contribution in [0.4, 0.5) is 0 Å². The molecule has 98 valence electrons. The van der Waals surface area contributed by atoms with Gasteiger partial charge in [0.2, 0.25) is 0 Å². The van der Waals surface area contributed by atoms with Gasteiger partial charge in [-0.25, -0.2) is 4.79 Å². The number of hydrogen-bond acceptors (Lipinski definition) is 5. The van der Waals surface area contributed by atoms with E-state index in [1.165, 1.54) is 7.11 Å². The molecule has 0 aromatic carbocycles. The quantitative estimate of drug-likeness (QED) is 0.840. The van der Waals surface area contributed by atoms with Crippen molar-refractivity contribution in [1.29, 1.82) is 0 Å². The van der Waals surface area contributed by atoms with Gasteiger partial charge in [0.15, 0.2) is 0 Å². The summed E-state index contributed by atoms with van der Waals surface area (Å²) in [4.78, 5) is 24.0. The molecule has 18 heavy (non-hydrogen) atoms. The summed E-state index contributed by atoms with van der Waals surface area (Å²) in [5.41, 5.74) is 0. The van der Waals surface area contributed by atoms with E-state index in [4.69, 9.17) is 4.74 Å². The van der Waals surface area contributed by atoms with E-state index in [1.807, 2.05) is 0 Å². The number of thiophene rings is 1. The fraction of sp³-hybridized carbons (Fsp3) is 0.500. The summed E-state index contributed by atoms with van der Waals surface area (Å²) in [6, 6.07) is 3.22. The van der Waals surface area contributed by atoms with Gasteiger partial charge in [-0.1, -0.05) is 0 Å². The van der Waals surface area contributed by atoms with Crippen molar-refractivity contribution in [3.05, 3.63) is 21.9 Å². The lowest BCUT2D eigenvalue weighted by atomic mass is 10.2. The van der Waals surface area contributed by atoms with Crippen LogP contribution in [-0.2, 0) is 9.47 Å². The molecule has 5 nitrogen and oxygen atoms in total. The number of hydrogen-bond donors (Lipinski definition) is 1. The Bertz CT molecular complexity index is 437. The minimum absolute atomic E-state index is 0.119. The van der Waals surface area contributed by atoms with E-state index in [-0.39, 0.29) is 12.0 Å². The van der Waals surface area contributed by atoms with Crippen molar-refractivity contribution in [3.8, 4) is 0 Å². The van der Waals surface area contributed by atoms with Gasteiger partial charge < -0.3 is 14.8 Å². The van der Waals surface area contributed by atoms with Gasteiger partial charge in [0, 0.05) is 13.2 Å². The Labute approximate surface area is 109 Å². The van der Waals surface area contributed by atoms with Crippen LogP contribution in [0.5, 0.6) is 0 Å². The lowest BCUT2D eigenvalue weighted by Gasteiger charge is -2.09. The summed E-state index contributed by atoms with van der Waals surface area (Å²) in [5, 5.41) is 2.81. The van der Waals surface area contributed by atoms with Crippen molar-refractivity contribution < 1.29 is 19.1 Å². The molecular weight excluding hydrogens is 254 g/mol. The molecule has 2 heterocycles. The van der Waals surface area contributed by atoms with Gasteiger partial charge in [-0.2, -0.15) is 0 Å². The van der Waals surface area contributed by atoms with Gasteiger partial charge in [0.05, 0.1) is 18.1 Å². The van der Waals surface area contributed by atoms with E-state index < -0.39 is 5.97 Å². The van der Waals surface area contributed by atoms with Crippen LogP contribution in [0.1, 0.15) is 32.2 Å². The second-order valence-electron chi connectivity index (χ2n) is 4.00. The predicted molar refractivity (Wildman–Crippen MR) is 67.0 cm³/mol. The van der Waals surface area contributed by atoms with Crippen LogP contribution in [0, 0.1) is 0 Å². The van der Waals surface area contributed by atoms with Crippen molar-refractivity contribution >= 4 is 23.2 Å². The molecule has 1 aliphatic rings. The molecule has 1 N–H and O–H groups in total. The lowest BCUT2D eigenvalue weighted by molar-refractivity contribution is 0.0606. The summed E-state index contributed by atoms with van der Waals surface area (Å²) < 4.78 is 10.0. The number of carbonyl (C=O) groups excluding carboxylic acids is 2. The van der Waals surface area contributed by atoms with Crippen molar-refractivity contribution in [2.75, 3.05) is 20.3 Å². The van der Waals surface area contributed by atoms with Gasteiger partial charge >= 0.3 is 5.97 Å². The van der Waals surface area contributed by atoms with Crippen LogP contribution in [0.3, 0.4) is 0 Å². The van der Waals surface area contributed by atoms with E-state index in [0.29, 0.717) is 16.3 Å². The highest BCUT2D eigenvalue weighted by Gasteiger charge is 2.18. The number of methoxy groups -OCH3 is 1. The van der Waals surface area contributed by atoms with Gasteiger partial charge in [0.25, 0.3) is 5.91 Å². The first kappa shape index (κ1) is 13.0. The van der Waals surface area contributed by atoms with Crippen LogP contribution in [-0.4, -0.2) is 38.2 Å². The smallest absolute Gasteiger partial charge is 0.348 e. The minimum atomic E-state index is -0.418. The normalized spacial score (nSPS) is 18.6. The summed E-state index contributed by atoms with van der Waals surface area (Å²) in [7, 11) is 1.32. The minimum Gasteiger partial charge on any atom is -0.465 e. The van der Waals surface area contributed by atoms with E-state index in [1.54, 1.807) is 12.1 Å². The van der Waals surface area contributed by atoms with E-state index in [0.717, 1.165) is 30.8 Å². The Hall–Kier alpha value is -1.40. The highest BCUT2D eigenvalue weighted by molar-refractivity contribution is 7.15. The Kier molecular flexibility index (Phi) is 4.33. The van der Waals surface area contributed by atoms with E-state index in [2.05, 4.69) is 10.1 Å². The molecule has 1 atom stereocenters. The molecular formula is C12H15NO4S. The molecule has 1 aromatic rings. The summed E-state index contributed by atoms with van der Waals surface area (Å²) in [6.45, 7) is 1.29. The average Bonchev–Trinajstić information content (AvgIpc) is 3.05. The third kappa shape index (κ3) is 3.08. The molecule has 1 fully saturated rings. The zero-order valence-corrected chi connectivity index (χ0v) is 10.9. The van der Waals surface area contributed by atoms with Crippen LogP contribution in [0.2, 0.25) is 0 Å². The van der Waals surface area contributed by atoms with Crippen LogP contribution in [0.25, 0.3) is 0 Å². The van der Waals surface area contributed by atoms with Gasteiger partial charge in [-0.15, -0.1) is 11.3 Å². The predicted octanol–water partition coefficient (Wildman–Crippen LogP) is 1.44. The number of esters is 1. The fourth-order valence-electron chi connectivity index (χ4n) is 1.77. The van der Waals surface area contributed by atoms with Gasteiger partial charge in [-0.3, -0.25) is 4.79 Å². The van der Waals surface area contributed by atoms with Crippen LogP contribution in [0.15, 0.2) is 12.1 Å². The highest BCUT2D eigenvalue weighted by Crippen LogP contribution is 2.17. The van der Waals surface area contributed by atoms with Crippen molar-refractivity contribution in [3.63, 3.8) is 0 Å². The molecule has 1 aliphatic heterocycles. The average molecular weight is 269 g/mol. The topological polar surface area (TPSA) is 64.6 Å². The lowest BCUT2D eigenvalue weighted by Crippen LogP contribution is -2.31. The largest absolute Gasteiger partial charge is 0.465 e. The fourth-order valence-corrected chi connectivity index (χ4v) is 2.61. The molecule has 1 saturated heterocycles. The zero-order chi connectivity index (χ0) is 13.0. The molecule has 0 radical (unpaired) electrons. The van der Waals surface area contributed by atoms with Crippen LogP contribution >= 0.6 is 11.3 Å². The molecule has 6 heteroatoms. The first-order valence-electron chi connectivity index (χ1n) is 5.78. The molecule has 0 spiro atoms. The molecule has 0 bridgehead atoms. The maximum atomic E-state index is 11.8. The number of rotatable bonds is 4. The molecule has 0 aliphatic carbocycles. The van der Waals surface area contributed by atoms with E-state index >= 15 is 0 Å². The Balaban J connectivity index is 1.88. The summed E-state index contributed by atoms with van der Waals surface area (Å²) in [5.74, 6) is -0.594. The highest BCUT2D eigenvalue weighted by atomic mass is 32.1. The Morgan fingerprint density at radius 2 is 2.28 bits per heavy atom. The zero-order valence-electron chi connectivity index (χ0n) is 10.1. The molecule has 0 saturated carbocycles. The second-order valence-corrected chi connectivity index (χ2v) is 5.08. The maximum Gasteiger partial charge on any atom is 0.348 e. The first-order chi connectivity index (χ1) is 8.70. The Morgan fingerprint density at radius 1 is 1.50 bits per heavy atom. The van der Waals surface area contributed by atoms with Crippen LogP contribution < -0.4 is 5.32 Å². The number of ether oxygens (including phenoxy) is 2. The van der Waals surface area contributed by atoms with Crippen molar-refractivity contribution in [2.45, 2.75) is 18.9 Å². The maximum absolute atomic E-state index is 11.8. The van der Waals surface area contributed by atoms with Crippen molar-refractivity contribution in [2.24, 2.45) is 0 Å². The van der Waals surface area contributed by atoms with Crippen molar-refractivity contribution in [1.82, 2.24) is 5.32 Å². The Morgan fingerprint density at radius 3 is 2.94 bits per heavy atom. The molecule has 1 amide bonds. The molecule has 0 unspecified atom stereocenters. The standard InChI is InChI=1S/C12H15NO4S/c1-16-12(15)10-5-4-9(18-10)11(14)13-7-8-3-2-6-17-8/h4-5,8H,2-3,6-7H2,1H3,(H,13,14)/t8-/m0/s1. The molecule has 1 aromatic heterocycles. The van der Waals surface area contributed by atoms with E-state index in [9.17, 15) is 9.59 Å². The SMILES string of the molecule is COC(=O)c1ccc(C(=O)NC[C@@H]2CCCO2)s1.